The molecule has 2 atom stereocenters. The van der Waals surface area contributed by atoms with Gasteiger partial charge in [-0.1, -0.05) is 6.42 Å². The fourth-order valence-electron chi connectivity index (χ4n) is 3.15. The zero-order valence-corrected chi connectivity index (χ0v) is 11.2. The topological polar surface area (TPSA) is 47.0 Å². The van der Waals surface area contributed by atoms with E-state index in [1.54, 1.807) is 0 Å². The monoisotopic (exact) mass is 253 g/mol. The molecule has 2 aliphatic rings. The lowest BCUT2D eigenvalue weighted by atomic mass is 9.51. The lowest BCUT2D eigenvalue weighted by Crippen LogP contribution is -2.64. The van der Waals surface area contributed by atoms with Crippen molar-refractivity contribution in [1.29, 1.82) is 0 Å². The number of anilines is 1. The number of hydrogen-bond acceptors (Lipinski definition) is 5. The van der Waals surface area contributed by atoms with Crippen molar-refractivity contribution < 1.29 is 4.74 Å². The number of aryl methyl sites for hydroxylation is 1. The van der Waals surface area contributed by atoms with Crippen molar-refractivity contribution in [3.05, 3.63) is 5.82 Å². The molecule has 5 heteroatoms. The van der Waals surface area contributed by atoms with E-state index in [4.69, 9.17) is 4.74 Å². The molecule has 0 aromatic carbocycles. The van der Waals surface area contributed by atoms with Gasteiger partial charge >= 0.3 is 0 Å². The second-order valence-electron chi connectivity index (χ2n) is 5.11. The molecule has 2 unspecified atom stereocenters. The average Bonchev–Trinajstić information content (AvgIpc) is 2.60. The van der Waals surface area contributed by atoms with Crippen LogP contribution in [0.5, 0.6) is 0 Å². The predicted octanol–water partition coefficient (Wildman–Crippen LogP) is 2.61. The molecule has 2 saturated carbocycles. The molecule has 1 aromatic rings. The second-order valence-corrected chi connectivity index (χ2v) is 5.86. The van der Waals surface area contributed by atoms with Crippen LogP contribution in [0.15, 0.2) is 0 Å². The lowest BCUT2D eigenvalue weighted by Gasteiger charge is -2.60. The molecule has 94 valence electrons. The summed E-state index contributed by atoms with van der Waals surface area (Å²) in [7, 11) is 0. The van der Waals surface area contributed by atoms with Crippen molar-refractivity contribution in [2.45, 2.75) is 51.7 Å². The smallest absolute Gasteiger partial charge is 0.202 e. The first-order valence-corrected chi connectivity index (χ1v) is 7.20. The molecule has 0 radical (unpaired) electrons. The Kier molecular flexibility index (Phi) is 2.83. The number of rotatable bonds is 4. The van der Waals surface area contributed by atoms with E-state index in [1.165, 1.54) is 30.8 Å². The van der Waals surface area contributed by atoms with Crippen molar-refractivity contribution in [3.63, 3.8) is 0 Å². The normalized spacial score (nSPS) is 29.8. The van der Waals surface area contributed by atoms with Crippen LogP contribution in [0.2, 0.25) is 0 Å². The van der Waals surface area contributed by atoms with Gasteiger partial charge in [0, 0.05) is 29.6 Å². The van der Waals surface area contributed by atoms with Crippen LogP contribution in [0.3, 0.4) is 0 Å². The summed E-state index contributed by atoms with van der Waals surface area (Å²) in [5.41, 5.74) is 0.398. The van der Waals surface area contributed by atoms with E-state index in [9.17, 15) is 0 Å². The van der Waals surface area contributed by atoms with Crippen LogP contribution in [0, 0.1) is 12.3 Å². The van der Waals surface area contributed by atoms with Crippen LogP contribution < -0.4 is 5.32 Å². The number of nitrogens with zero attached hydrogens (tertiary/aromatic N) is 2. The Morgan fingerprint density at radius 1 is 1.53 bits per heavy atom. The molecule has 1 heterocycles. The standard InChI is InChI=1S/C12H19N3OS/c1-3-16-10-7-9(12(10)5-4-6-12)14-11-13-8(2)15-17-11/h9-10H,3-7H2,1-2H3,(H,13,14,15). The summed E-state index contributed by atoms with van der Waals surface area (Å²) in [5, 5.41) is 4.51. The van der Waals surface area contributed by atoms with E-state index in [2.05, 4.69) is 21.6 Å². The summed E-state index contributed by atoms with van der Waals surface area (Å²) < 4.78 is 10.0. The maximum atomic E-state index is 5.84. The quantitative estimate of drug-likeness (QED) is 0.896. The summed E-state index contributed by atoms with van der Waals surface area (Å²) in [5.74, 6) is 0.862. The van der Waals surface area contributed by atoms with Gasteiger partial charge in [-0.05, 0) is 33.1 Å². The zero-order valence-electron chi connectivity index (χ0n) is 10.4. The molecule has 4 nitrogen and oxygen atoms in total. The van der Waals surface area contributed by atoms with Crippen LogP contribution in [-0.4, -0.2) is 28.1 Å². The molecule has 1 spiro atoms. The number of hydrogen-bond donors (Lipinski definition) is 1. The van der Waals surface area contributed by atoms with Gasteiger partial charge in [-0.15, -0.1) is 0 Å². The highest BCUT2D eigenvalue weighted by atomic mass is 32.1. The molecule has 2 fully saturated rings. The summed E-state index contributed by atoms with van der Waals surface area (Å²) in [6, 6.07) is 0.542. The fourth-order valence-corrected chi connectivity index (χ4v) is 3.77. The molecule has 3 rings (SSSR count). The van der Waals surface area contributed by atoms with Crippen molar-refractivity contribution >= 4 is 16.7 Å². The van der Waals surface area contributed by atoms with Crippen LogP contribution in [0.4, 0.5) is 5.13 Å². The number of aromatic nitrogens is 2. The molecular formula is C12H19N3OS. The first-order valence-electron chi connectivity index (χ1n) is 6.43. The van der Waals surface area contributed by atoms with Gasteiger partial charge in [0.2, 0.25) is 5.13 Å². The van der Waals surface area contributed by atoms with Crippen molar-refractivity contribution in [1.82, 2.24) is 9.36 Å². The van der Waals surface area contributed by atoms with Gasteiger partial charge in [0.1, 0.15) is 5.82 Å². The third-order valence-electron chi connectivity index (χ3n) is 4.26. The minimum Gasteiger partial charge on any atom is -0.378 e. The molecule has 2 aliphatic carbocycles. The summed E-state index contributed by atoms with van der Waals surface area (Å²) in [6.45, 7) is 4.85. The summed E-state index contributed by atoms with van der Waals surface area (Å²) in [6.07, 6.45) is 5.52. The van der Waals surface area contributed by atoms with E-state index in [0.29, 0.717) is 17.6 Å². The Morgan fingerprint density at radius 3 is 2.88 bits per heavy atom. The van der Waals surface area contributed by atoms with Gasteiger partial charge in [0.25, 0.3) is 0 Å². The largest absolute Gasteiger partial charge is 0.378 e. The van der Waals surface area contributed by atoms with E-state index in [1.807, 2.05) is 6.92 Å². The van der Waals surface area contributed by atoms with Gasteiger partial charge in [-0.3, -0.25) is 0 Å². The molecule has 0 saturated heterocycles. The summed E-state index contributed by atoms with van der Waals surface area (Å²) >= 11 is 1.46. The van der Waals surface area contributed by atoms with Crippen LogP contribution >= 0.6 is 11.5 Å². The minimum atomic E-state index is 0.398. The van der Waals surface area contributed by atoms with Crippen LogP contribution in [0.1, 0.15) is 38.4 Å². The first kappa shape index (κ1) is 11.4. The molecule has 0 bridgehead atoms. The first-order chi connectivity index (χ1) is 8.24. The Morgan fingerprint density at radius 2 is 2.35 bits per heavy atom. The van der Waals surface area contributed by atoms with Gasteiger partial charge in [0.15, 0.2) is 0 Å². The van der Waals surface area contributed by atoms with Crippen LogP contribution in [-0.2, 0) is 4.74 Å². The molecule has 0 aliphatic heterocycles. The SMILES string of the molecule is CCOC1CC(Nc2nc(C)ns2)C12CCC2. The highest BCUT2D eigenvalue weighted by Gasteiger charge is 2.59. The number of ether oxygens (including phenoxy) is 1. The van der Waals surface area contributed by atoms with Crippen molar-refractivity contribution in [2.24, 2.45) is 5.41 Å². The minimum absolute atomic E-state index is 0.398. The van der Waals surface area contributed by atoms with E-state index in [0.717, 1.165) is 24.0 Å². The third kappa shape index (κ3) is 1.76. The van der Waals surface area contributed by atoms with Gasteiger partial charge in [0.05, 0.1) is 6.10 Å². The predicted molar refractivity (Wildman–Crippen MR) is 68.4 cm³/mol. The zero-order chi connectivity index (χ0) is 11.9. The van der Waals surface area contributed by atoms with E-state index >= 15 is 0 Å². The molecular weight excluding hydrogens is 234 g/mol. The van der Waals surface area contributed by atoms with Crippen molar-refractivity contribution in [2.75, 3.05) is 11.9 Å². The maximum absolute atomic E-state index is 5.84. The fraction of sp³-hybridized carbons (Fsp3) is 0.833. The highest BCUT2D eigenvalue weighted by Crippen LogP contribution is 2.58. The van der Waals surface area contributed by atoms with Gasteiger partial charge in [-0.2, -0.15) is 4.37 Å². The molecule has 1 N–H and O–H groups in total. The average molecular weight is 253 g/mol. The third-order valence-corrected chi connectivity index (χ3v) is 5.00. The Balaban J connectivity index is 1.65. The molecule has 17 heavy (non-hydrogen) atoms. The van der Waals surface area contributed by atoms with Crippen LogP contribution in [0.25, 0.3) is 0 Å². The Hall–Kier alpha value is -0.680. The second kappa shape index (κ2) is 4.21. The molecule has 0 amide bonds. The molecule has 1 aromatic heterocycles. The maximum Gasteiger partial charge on any atom is 0.202 e. The lowest BCUT2D eigenvalue weighted by molar-refractivity contribution is -0.157. The van der Waals surface area contributed by atoms with E-state index in [-0.39, 0.29) is 0 Å². The summed E-state index contributed by atoms with van der Waals surface area (Å²) in [4.78, 5) is 4.38. The Bertz CT molecular complexity index is 402. The van der Waals surface area contributed by atoms with E-state index < -0.39 is 0 Å². The Labute approximate surface area is 106 Å². The van der Waals surface area contributed by atoms with Gasteiger partial charge < -0.3 is 10.1 Å². The van der Waals surface area contributed by atoms with Gasteiger partial charge in [-0.25, -0.2) is 4.98 Å². The highest BCUT2D eigenvalue weighted by molar-refractivity contribution is 7.09. The van der Waals surface area contributed by atoms with Crippen molar-refractivity contribution in [3.8, 4) is 0 Å². The number of nitrogens with one attached hydrogen (secondary N) is 1.